The Bertz CT molecular complexity index is 51.7. The number of thioether (sulfide) groups is 1. The van der Waals surface area contributed by atoms with Crippen molar-refractivity contribution in [2.45, 2.75) is 6.04 Å². The highest BCUT2D eigenvalue weighted by atomic mass is 32.2. The van der Waals surface area contributed by atoms with Crippen LogP contribution in [0.1, 0.15) is 0 Å². The zero-order chi connectivity index (χ0) is 5.11. The van der Waals surface area contributed by atoms with E-state index in [4.69, 9.17) is 5.73 Å². The van der Waals surface area contributed by atoms with Crippen LogP contribution in [0.25, 0.3) is 0 Å². The summed E-state index contributed by atoms with van der Waals surface area (Å²) in [6.45, 7) is 0.785. The molecule has 1 aliphatic heterocycles. The standard InChI is InChI=1S/C4H10N2S/c5-1-4-2-7-3-6-4/h4,6H,1-3,5H2. The molecule has 0 bridgehead atoms. The SMILES string of the molecule is NCC1CSCN1. The molecule has 2 nitrogen and oxygen atoms in total. The van der Waals surface area contributed by atoms with Crippen LogP contribution in [0.15, 0.2) is 0 Å². The van der Waals surface area contributed by atoms with Gasteiger partial charge in [-0.15, -0.1) is 11.8 Å². The quantitative estimate of drug-likeness (QED) is 0.492. The monoisotopic (exact) mass is 118 g/mol. The van der Waals surface area contributed by atoms with E-state index in [0.29, 0.717) is 6.04 Å². The van der Waals surface area contributed by atoms with Gasteiger partial charge in [-0.3, -0.25) is 0 Å². The van der Waals surface area contributed by atoms with E-state index in [1.807, 2.05) is 11.8 Å². The molecule has 3 N–H and O–H groups in total. The molecule has 1 saturated heterocycles. The molecule has 7 heavy (non-hydrogen) atoms. The summed E-state index contributed by atoms with van der Waals surface area (Å²) in [7, 11) is 0. The van der Waals surface area contributed by atoms with Crippen LogP contribution in [-0.2, 0) is 0 Å². The van der Waals surface area contributed by atoms with Crippen molar-refractivity contribution in [1.82, 2.24) is 5.32 Å². The molecule has 0 radical (unpaired) electrons. The predicted molar refractivity (Wildman–Crippen MR) is 33.3 cm³/mol. The summed E-state index contributed by atoms with van der Waals surface area (Å²) in [5, 5.41) is 3.24. The van der Waals surface area contributed by atoms with Crippen molar-refractivity contribution in [2.24, 2.45) is 5.73 Å². The van der Waals surface area contributed by atoms with Crippen LogP contribution >= 0.6 is 11.8 Å². The van der Waals surface area contributed by atoms with Crippen molar-refractivity contribution in [1.29, 1.82) is 0 Å². The summed E-state index contributed by atoms with van der Waals surface area (Å²) in [5.41, 5.74) is 5.36. The van der Waals surface area contributed by atoms with Gasteiger partial charge < -0.3 is 11.1 Å². The summed E-state index contributed by atoms with van der Waals surface area (Å²) in [4.78, 5) is 0. The van der Waals surface area contributed by atoms with Gasteiger partial charge in [-0.2, -0.15) is 0 Å². The lowest BCUT2D eigenvalue weighted by Crippen LogP contribution is -2.31. The van der Waals surface area contributed by atoms with E-state index in [1.165, 1.54) is 5.75 Å². The van der Waals surface area contributed by atoms with Crippen molar-refractivity contribution in [3.05, 3.63) is 0 Å². The van der Waals surface area contributed by atoms with E-state index in [0.717, 1.165) is 12.4 Å². The van der Waals surface area contributed by atoms with Gasteiger partial charge in [0.25, 0.3) is 0 Å². The molecule has 42 valence electrons. The average Bonchev–Trinajstić information content (AvgIpc) is 2.14. The first-order chi connectivity index (χ1) is 3.43. The van der Waals surface area contributed by atoms with E-state index < -0.39 is 0 Å². The molecular weight excluding hydrogens is 108 g/mol. The van der Waals surface area contributed by atoms with Crippen molar-refractivity contribution < 1.29 is 0 Å². The highest BCUT2D eigenvalue weighted by Crippen LogP contribution is 2.07. The Morgan fingerprint density at radius 1 is 1.86 bits per heavy atom. The lowest BCUT2D eigenvalue weighted by Gasteiger charge is -2.01. The Labute approximate surface area is 47.8 Å². The van der Waals surface area contributed by atoms with E-state index >= 15 is 0 Å². The first-order valence-electron chi connectivity index (χ1n) is 2.44. The van der Waals surface area contributed by atoms with Crippen molar-refractivity contribution >= 4 is 11.8 Å². The molecule has 0 saturated carbocycles. The van der Waals surface area contributed by atoms with Crippen LogP contribution < -0.4 is 11.1 Å². The molecule has 0 aliphatic carbocycles. The molecule has 1 rings (SSSR count). The number of nitrogens with one attached hydrogen (secondary N) is 1. The van der Waals surface area contributed by atoms with Crippen LogP contribution in [0, 0.1) is 0 Å². The summed E-state index contributed by atoms with van der Waals surface area (Å²) >= 11 is 1.92. The van der Waals surface area contributed by atoms with Crippen LogP contribution in [0.5, 0.6) is 0 Å². The second kappa shape index (κ2) is 2.55. The predicted octanol–water partition coefficient (Wildman–Crippen LogP) is -0.392. The largest absolute Gasteiger partial charge is 0.329 e. The molecule has 1 aliphatic rings. The Morgan fingerprint density at radius 3 is 3.00 bits per heavy atom. The van der Waals surface area contributed by atoms with Gasteiger partial charge in [-0.05, 0) is 0 Å². The third kappa shape index (κ3) is 1.33. The first-order valence-corrected chi connectivity index (χ1v) is 3.60. The molecule has 3 heteroatoms. The minimum absolute atomic E-state index is 0.588. The molecule has 1 atom stereocenters. The van der Waals surface area contributed by atoms with Crippen molar-refractivity contribution in [2.75, 3.05) is 18.2 Å². The minimum Gasteiger partial charge on any atom is -0.329 e. The lowest BCUT2D eigenvalue weighted by molar-refractivity contribution is 0.643. The van der Waals surface area contributed by atoms with E-state index in [-0.39, 0.29) is 0 Å². The van der Waals surface area contributed by atoms with E-state index in [2.05, 4.69) is 5.32 Å². The molecule has 0 amide bonds. The smallest absolute Gasteiger partial charge is 0.0421 e. The Balaban J connectivity index is 2.14. The van der Waals surface area contributed by atoms with Gasteiger partial charge in [0.2, 0.25) is 0 Å². The highest BCUT2D eigenvalue weighted by Gasteiger charge is 2.10. The second-order valence-electron chi connectivity index (χ2n) is 1.65. The van der Waals surface area contributed by atoms with E-state index in [1.54, 1.807) is 0 Å². The lowest BCUT2D eigenvalue weighted by atomic mass is 10.4. The molecule has 1 heterocycles. The highest BCUT2D eigenvalue weighted by molar-refractivity contribution is 7.99. The summed E-state index contributed by atoms with van der Waals surface area (Å²) in [6, 6.07) is 0.588. The topological polar surface area (TPSA) is 38.0 Å². The van der Waals surface area contributed by atoms with Crippen molar-refractivity contribution in [3.8, 4) is 0 Å². The van der Waals surface area contributed by atoms with Gasteiger partial charge in [0, 0.05) is 24.2 Å². The Hall–Kier alpha value is 0.270. The second-order valence-corrected chi connectivity index (χ2v) is 2.68. The Kier molecular flexibility index (Phi) is 1.97. The molecule has 0 aromatic rings. The summed E-state index contributed by atoms with van der Waals surface area (Å²) < 4.78 is 0. The van der Waals surface area contributed by atoms with Gasteiger partial charge in [0.15, 0.2) is 0 Å². The molecule has 0 aromatic heterocycles. The minimum atomic E-state index is 0.588. The number of nitrogens with two attached hydrogens (primary N) is 1. The molecular formula is C4H10N2S. The van der Waals surface area contributed by atoms with Crippen LogP contribution in [0.3, 0.4) is 0 Å². The fourth-order valence-electron chi connectivity index (χ4n) is 0.588. The number of hydrogen-bond acceptors (Lipinski definition) is 3. The Morgan fingerprint density at radius 2 is 2.71 bits per heavy atom. The maximum Gasteiger partial charge on any atom is 0.0421 e. The fraction of sp³-hybridized carbons (Fsp3) is 1.00. The van der Waals surface area contributed by atoms with Gasteiger partial charge >= 0.3 is 0 Å². The molecule has 1 fully saturated rings. The van der Waals surface area contributed by atoms with Gasteiger partial charge in [0.05, 0.1) is 0 Å². The molecule has 0 spiro atoms. The van der Waals surface area contributed by atoms with Gasteiger partial charge in [0.1, 0.15) is 0 Å². The third-order valence-corrected chi connectivity index (χ3v) is 2.09. The van der Waals surface area contributed by atoms with Gasteiger partial charge in [-0.1, -0.05) is 0 Å². The molecule has 1 unspecified atom stereocenters. The fourth-order valence-corrected chi connectivity index (χ4v) is 1.60. The van der Waals surface area contributed by atoms with Crippen molar-refractivity contribution in [3.63, 3.8) is 0 Å². The normalized spacial score (nSPS) is 31.3. The molecule has 0 aromatic carbocycles. The van der Waals surface area contributed by atoms with Gasteiger partial charge in [-0.25, -0.2) is 0 Å². The van der Waals surface area contributed by atoms with Crippen LogP contribution in [0.4, 0.5) is 0 Å². The number of rotatable bonds is 1. The van der Waals surface area contributed by atoms with Crippen LogP contribution in [0.2, 0.25) is 0 Å². The van der Waals surface area contributed by atoms with Crippen LogP contribution in [-0.4, -0.2) is 24.2 Å². The zero-order valence-corrected chi connectivity index (χ0v) is 5.00. The summed E-state index contributed by atoms with van der Waals surface area (Å²) in [6.07, 6.45) is 0. The average molecular weight is 118 g/mol. The van der Waals surface area contributed by atoms with E-state index in [9.17, 15) is 0 Å². The maximum absolute atomic E-state index is 5.36. The number of hydrogen-bond donors (Lipinski definition) is 2. The first kappa shape index (κ1) is 5.41. The zero-order valence-electron chi connectivity index (χ0n) is 4.18. The third-order valence-electron chi connectivity index (χ3n) is 1.08. The maximum atomic E-state index is 5.36. The summed E-state index contributed by atoms with van der Waals surface area (Å²) in [5.74, 6) is 2.28.